The van der Waals surface area contributed by atoms with Crippen molar-refractivity contribution >= 4 is 0 Å². The predicted octanol–water partition coefficient (Wildman–Crippen LogP) is 2.88. The minimum Gasteiger partial charge on any atom is -0.496 e. The van der Waals surface area contributed by atoms with Gasteiger partial charge in [0.15, 0.2) is 0 Å². The molecule has 0 aliphatic carbocycles. The maximum absolute atomic E-state index is 13.4. The first-order valence-electron chi connectivity index (χ1n) is 6.49. The number of ether oxygens (including phenoxy) is 3. The molecule has 0 aliphatic heterocycles. The molecule has 0 aromatic heterocycles. The molecule has 0 amide bonds. The van der Waals surface area contributed by atoms with Crippen LogP contribution in [-0.2, 0) is 13.2 Å². The minimum absolute atomic E-state index is 0.237. The molecule has 0 saturated carbocycles. The van der Waals surface area contributed by atoms with Gasteiger partial charge in [0.05, 0.1) is 14.2 Å². The summed E-state index contributed by atoms with van der Waals surface area (Å²) < 4.78 is 29.4. The third kappa shape index (κ3) is 4.10. The Hall–Kier alpha value is -2.27. The number of nitrogens with two attached hydrogens (primary N) is 1. The molecule has 0 saturated heterocycles. The summed E-state index contributed by atoms with van der Waals surface area (Å²) in [5.41, 5.74) is 6.98. The second-order valence-electron chi connectivity index (χ2n) is 4.51. The van der Waals surface area contributed by atoms with E-state index in [2.05, 4.69) is 0 Å². The average Bonchev–Trinajstić information content (AvgIpc) is 2.51. The Bertz CT molecular complexity index is 594. The molecule has 2 N–H and O–H groups in total. The van der Waals surface area contributed by atoms with Gasteiger partial charge in [0.1, 0.15) is 29.7 Å². The lowest BCUT2D eigenvalue weighted by Crippen LogP contribution is -2.01. The molecule has 2 aromatic rings. The second-order valence-corrected chi connectivity index (χ2v) is 4.51. The Labute approximate surface area is 123 Å². The Morgan fingerprint density at radius 2 is 1.43 bits per heavy atom. The average molecular weight is 291 g/mol. The van der Waals surface area contributed by atoms with E-state index in [0.29, 0.717) is 17.2 Å². The van der Waals surface area contributed by atoms with Crippen molar-refractivity contribution in [3.63, 3.8) is 0 Å². The maximum atomic E-state index is 13.4. The number of benzene rings is 2. The number of hydrogen-bond donors (Lipinski definition) is 1. The first-order valence-corrected chi connectivity index (χ1v) is 6.49. The van der Waals surface area contributed by atoms with Crippen LogP contribution >= 0.6 is 0 Å². The van der Waals surface area contributed by atoms with Crippen LogP contribution in [0.5, 0.6) is 17.2 Å². The highest BCUT2D eigenvalue weighted by atomic mass is 19.1. The summed E-state index contributed by atoms with van der Waals surface area (Å²) in [4.78, 5) is 0. The molecule has 0 unspecified atom stereocenters. The molecule has 0 radical (unpaired) electrons. The first kappa shape index (κ1) is 15.1. The van der Waals surface area contributed by atoms with E-state index in [4.69, 9.17) is 19.9 Å². The van der Waals surface area contributed by atoms with Gasteiger partial charge in [0, 0.05) is 24.7 Å². The molecule has 0 atom stereocenters. The molecule has 4 nitrogen and oxygen atoms in total. The largest absolute Gasteiger partial charge is 0.496 e. The van der Waals surface area contributed by atoms with E-state index in [9.17, 15) is 4.39 Å². The number of methoxy groups -OCH3 is 2. The van der Waals surface area contributed by atoms with Gasteiger partial charge in [0.25, 0.3) is 0 Å². The van der Waals surface area contributed by atoms with Crippen LogP contribution in [0.15, 0.2) is 36.4 Å². The Kier molecular flexibility index (Phi) is 5.00. The lowest BCUT2D eigenvalue weighted by atomic mass is 10.1. The molecule has 0 heterocycles. The van der Waals surface area contributed by atoms with Crippen LogP contribution in [0, 0.1) is 5.82 Å². The molecule has 2 rings (SSSR count). The Morgan fingerprint density at radius 1 is 0.857 bits per heavy atom. The van der Waals surface area contributed by atoms with Crippen LogP contribution in [0.4, 0.5) is 4.39 Å². The predicted molar refractivity (Wildman–Crippen MR) is 78.2 cm³/mol. The topological polar surface area (TPSA) is 53.7 Å². The highest BCUT2D eigenvalue weighted by Crippen LogP contribution is 2.28. The van der Waals surface area contributed by atoms with Crippen LogP contribution < -0.4 is 19.9 Å². The first-order chi connectivity index (χ1) is 10.1. The van der Waals surface area contributed by atoms with Crippen molar-refractivity contribution in [3.05, 3.63) is 53.3 Å². The third-order valence-corrected chi connectivity index (χ3v) is 2.98. The molecule has 0 fully saturated rings. The van der Waals surface area contributed by atoms with Gasteiger partial charge in [-0.15, -0.1) is 0 Å². The standard InChI is InChI=1S/C16H18FNO3/c1-19-14-6-15(20-2)8-16(7-14)21-10-12-3-11(9-18)4-13(17)5-12/h3-8H,9-10,18H2,1-2H3. The van der Waals surface area contributed by atoms with Crippen molar-refractivity contribution in [2.24, 2.45) is 5.73 Å². The number of rotatable bonds is 6. The summed E-state index contributed by atoms with van der Waals surface area (Å²) in [7, 11) is 3.14. The van der Waals surface area contributed by atoms with Crippen molar-refractivity contribution in [3.8, 4) is 17.2 Å². The van der Waals surface area contributed by atoms with E-state index in [1.807, 2.05) is 6.07 Å². The number of halogens is 1. The summed E-state index contributed by atoms with van der Waals surface area (Å²) in [6.07, 6.45) is 0. The van der Waals surface area contributed by atoms with Crippen molar-refractivity contribution < 1.29 is 18.6 Å². The quantitative estimate of drug-likeness (QED) is 0.889. The van der Waals surface area contributed by atoms with Gasteiger partial charge in [-0.3, -0.25) is 0 Å². The van der Waals surface area contributed by atoms with Gasteiger partial charge >= 0.3 is 0 Å². The minimum atomic E-state index is -0.320. The van der Waals surface area contributed by atoms with Crippen molar-refractivity contribution in [2.45, 2.75) is 13.2 Å². The summed E-state index contributed by atoms with van der Waals surface area (Å²) in [6, 6.07) is 9.90. The normalized spacial score (nSPS) is 10.3. The zero-order chi connectivity index (χ0) is 15.2. The molecule has 2 aromatic carbocycles. The zero-order valence-electron chi connectivity index (χ0n) is 12.1. The fourth-order valence-electron chi connectivity index (χ4n) is 1.95. The third-order valence-electron chi connectivity index (χ3n) is 2.98. The van der Waals surface area contributed by atoms with E-state index in [1.165, 1.54) is 12.1 Å². The van der Waals surface area contributed by atoms with Gasteiger partial charge in [-0.25, -0.2) is 4.39 Å². The van der Waals surface area contributed by atoms with Crippen LogP contribution in [0.1, 0.15) is 11.1 Å². The van der Waals surface area contributed by atoms with Crippen molar-refractivity contribution in [1.82, 2.24) is 0 Å². The van der Waals surface area contributed by atoms with E-state index in [-0.39, 0.29) is 19.0 Å². The molecule has 112 valence electrons. The maximum Gasteiger partial charge on any atom is 0.127 e. The fraction of sp³-hybridized carbons (Fsp3) is 0.250. The molecule has 21 heavy (non-hydrogen) atoms. The number of hydrogen-bond acceptors (Lipinski definition) is 4. The summed E-state index contributed by atoms with van der Waals surface area (Å²) in [5.74, 6) is 1.53. The summed E-state index contributed by atoms with van der Waals surface area (Å²) >= 11 is 0. The smallest absolute Gasteiger partial charge is 0.127 e. The SMILES string of the molecule is COc1cc(OC)cc(OCc2cc(F)cc(CN)c2)c1. The van der Waals surface area contributed by atoms with Gasteiger partial charge in [-0.05, 0) is 23.3 Å². The lowest BCUT2D eigenvalue weighted by Gasteiger charge is -2.11. The molecule has 0 spiro atoms. The highest BCUT2D eigenvalue weighted by molar-refractivity contribution is 5.42. The van der Waals surface area contributed by atoms with Crippen LogP contribution in [0.3, 0.4) is 0 Å². The Morgan fingerprint density at radius 3 is 2.00 bits per heavy atom. The molecular weight excluding hydrogens is 273 g/mol. The van der Waals surface area contributed by atoms with E-state index in [1.54, 1.807) is 32.4 Å². The lowest BCUT2D eigenvalue weighted by molar-refractivity contribution is 0.299. The Balaban J connectivity index is 2.14. The van der Waals surface area contributed by atoms with Crippen LogP contribution in [-0.4, -0.2) is 14.2 Å². The van der Waals surface area contributed by atoms with E-state index in [0.717, 1.165) is 11.1 Å². The fourth-order valence-corrected chi connectivity index (χ4v) is 1.95. The molecule has 5 heteroatoms. The molecule has 0 aliphatic rings. The van der Waals surface area contributed by atoms with E-state index < -0.39 is 0 Å². The summed E-state index contributed by atoms with van der Waals surface area (Å²) in [5, 5.41) is 0. The van der Waals surface area contributed by atoms with Crippen molar-refractivity contribution in [1.29, 1.82) is 0 Å². The highest BCUT2D eigenvalue weighted by Gasteiger charge is 2.05. The van der Waals surface area contributed by atoms with E-state index >= 15 is 0 Å². The summed E-state index contributed by atoms with van der Waals surface area (Å²) in [6.45, 7) is 0.527. The second kappa shape index (κ2) is 6.95. The van der Waals surface area contributed by atoms with Crippen LogP contribution in [0.2, 0.25) is 0 Å². The zero-order valence-corrected chi connectivity index (χ0v) is 12.1. The molecular formula is C16H18FNO3. The van der Waals surface area contributed by atoms with Gasteiger partial charge < -0.3 is 19.9 Å². The van der Waals surface area contributed by atoms with Gasteiger partial charge in [-0.1, -0.05) is 6.07 Å². The van der Waals surface area contributed by atoms with Crippen LogP contribution in [0.25, 0.3) is 0 Å². The van der Waals surface area contributed by atoms with Crippen molar-refractivity contribution in [2.75, 3.05) is 14.2 Å². The van der Waals surface area contributed by atoms with Gasteiger partial charge in [-0.2, -0.15) is 0 Å². The monoisotopic (exact) mass is 291 g/mol. The molecule has 0 bridgehead atoms. The van der Waals surface area contributed by atoms with Gasteiger partial charge in [0.2, 0.25) is 0 Å².